The summed E-state index contributed by atoms with van der Waals surface area (Å²) in [6.07, 6.45) is 0.763. The van der Waals surface area contributed by atoms with Crippen LogP contribution in [0.5, 0.6) is 11.5 Å². The third-order valence-electron chi connectivity index (χ3n) is 2.36. The summed E-state index contributed by atoms with van der Waals surface area (Å²) >= 11 is 0. The number of nitrogens with two attached hydrogens (primary N) is 1. The Hall–Kier alpha value is -1.26. The number of benzene rings is 1. The van der Waals surface area contributed by atoms with Crippen molar-refractivity contribution in [2.75, 3.05) is 27.4 Å². The molecule has 4 heteroatoms. The van der Waals surface area contributed by atoms with Crippen LogP contribution in [0.15, 0.2) is 18.2 Å². The summed E-state index contributed by atoms with van der Waals surface area (Å²) in [6, 6.07) is 5.92. The van der Waals surface area contributed by atoms with Crippen LogP contribution in [0, 0.1) is 0 Å². The first-order valence-corrected chi connectivity index (χ1v) is 5.72. The monoisotopic (exact) mass is 239 g/mol. The standard InChI is InChI=1S/C13H21NO3/c1-10(14)9-11-5-4-6-12(16-3)13(11)17-8-7-15-2/h4-6,10H,7-9,14H2,1-3H3. The van der Waals surface area contributed by atoms with Crippen LogP contribution in [-0.4, -0.2) is 33.5 Å². The molecule has 0 heterocycles. The smallest absolute Gasteiger partial charge is 0.164 e. The Kier molecular flexibility index (Phi) is 5.80. The van der Waals surface area contributed by atoms with Gasteiger partial charge >= 0.3 is 0 Å². The molecular formula is C13H21NO3. The largest absolute Gasteiger partial charge is 0.493 e. The van der Waals surface area contributed by atoms with Gasteiger partial charge in [-0.15, -0.1) is 0 Å². The lowest BCUT2D eigenvalue weighted by Crippen LogP contribution is -2.18. The molecular weight excluding hydrogens is 218 g/mol. The molecule has 4 nitrogen and oxygen atoms in total. The Morgan fingerprint density at radius 2 is 2.00 bits per heavy atom. The van der Waals surface area contributed by atoms with Crippen molar-refractivity contribution in [2.45, 2.75) is 19.4 Å². The van der Waals surface area contributed by atoms with Gasteiger partial charge in [-0.05, 0) is 25.0 Å². The van der Waals surface area contributed by atoms with Gasteiger partial charge in [-0.1, -0.05) is 12.1 Å². The van der Waals surface area contributed by atoms with Gasteiger partial charge in [0.15, 0.2) is 11.5 Å². The lowest BCUT2D eigenvalue weighted by Gasteiger charge is -2.16. The molecule has 0 aromatic heterocycles. The van der Waals surface area contributed by atoms with Crippen LogP contribution in [0.2, 0.25) is 0 Å². The van der Waals surface area contributed by atoms with Crippen molar-refractivity contribution in [3.8, 4) is 11.5 Å². The zero-order chi connectivity index (χ0) is 12.7. The summed E-state index contributed by atoms with van der Waals surface area (Å²) in [5, 5.41) is 0. The molecule has 0 fully saturated rings. The van der Waals surface area contributed by atoms with Crippen LogP contribution in [0.25, 0.3) is 0 Å². The SMILES string of the molecule is COCCOc1c(CC(C)N)cccc1OC. The van der Waals surface area contributed by atoms with Crippen molar-refractivity contribution >= 4 is 0 Å². The average molecular weight is 239 g/mol. The van der Waals surface area contributed by atoms with E-state index in [4.69, 9.17) is 19.9 Å². The molecule has 0 aliphatic rings. The van der Waals surface area contributed by atoms with Gasteiger partial charge in [0.25, 0.3) is 0 Å². The van der Waals surface area contributed by atoms with Crippen LogP contribution in [0.3, 0.4) is 0 Å². The molecule has 1 atom stereocenters. The highest BCUT2D eigenvalue weighted by Crippen LogP contribution is 2.31. The van der Waals surface area contributed by atoms with Crippen molar-refractivity contribution < 1.29 is 14.2 Å². The summed E-state index contributed by atoms with van der Waals surface area (Å²) in [4.78, 5) is 0. The molecule has 1 rings (SSSR count). The molecule has 1 aromatic rings. The van der Waals surface area contributed by atoms with Gasteiger partial charge in [0.05, 0.1) is 13.7 Å². The topological polar surface area (TPSA) is 53.7 Å². The molecule has 1 unspecified atom stereocenters. The maximum absolute atomic E-state index is 5.82. The van der Waals surface area contributed by atoms with E-state index >= 15 is 0 Å². The highest BCUT2D eigenvalue weighted by molar-refractivity contribution is 5.47. The minimum Gasteiger partial charge on any atom is -0.493 e. The van der Waals surface area contributed by atoms with E-state index in [-0.39, 0.29) is 6.04 Å². The number of methoxy groups -OCH3 is 2. The van der Waals surface area contributed by atoms with E-state index in [1.165, 1.54) is 0 Å². The minimum absolute atomic E-state index is 0.0897. The Morgan fingerprint density at radius 1 is 1.24 bits per heavy atom. The quantitative estimate of drug-likeness (QED) is 0.734. The van der Waals surface area contributed by atoms with Crippen LogP contribution in [0.4, 0.5) is 0 Å². The second kappa shape index (κ2) is 7.14. The second-order valence-corrected chi connectivity index (χ2v) is 3.97. The van der Waals surface area contributed by atoms with Crippen LogP contribution < -0.4 is 15.2 Å². The third kappa shape index (κ3) is 4.24. The van der Waals surface area contributed by atoms with Gasteiger partial charge in [-0.3, -0.25) is 0 Å². The van der Waals surface area contributed by atoms with Crippen LogP contribution in [-0.2, 0) is 11.2 Å². The number of rotatable bonds is 7. The van der Waals surface area contributed by atoms with Gasteiger partial charge < -0.3 is 19.9 Å². The zero-order valence-corrected chi connectivity index (χ0v) is 10.7. The summed E-state index contributed by atoms with van der Waals surface area (Å²) in [5.41, 5.74) is 6.88. The Labute approximate surface area is 103 Å². The molecule has 0 amide bonds. The lowest BCUT2D eigenvalue weighted by atomic mass is 10.1. The fraction of sp³-hybridized carbons (Fsp3) is 0.538. The maximum atomic E-state index is 5.82. The zero-order valence-electron chi connectivity index (χ0n) is 10.7. The molecule has 96 valence electrons. The average Bonchev–Trinajstić information content (AvgIpc) is 2.30. The normalized spacial score (nSPS) is 12.2. The summed E-state index contributed by atoms with van der Waals surface area (Å²) in [7, 11) is 3.28. The van der Waals surface area contributed by atoms with Crippen molar-refractivity contribution in [3.05, 3.63) is 23.8 Å². The van der Waals surface area contributed by atoms with Crippen molar-refractivity contribution in [3.63, 3.8) is 0 Å². The van der Waals surface area contributed by atoms with Gasteiger partial charge in [-0.25, -0.2) is 0 Å². The predicted molar refractivity (Wildman–Crippen MR) is 67.7 cm³/mol. The third-order valence-corrected chi connectivity index (χ3v) is 2.36. The van der Waals surface area contributed by atoms with Crippen LogP contribution >= 0.6 is 0 Å². The van der Waals surface area contributed by atoms with E-state index < -0.39 is 0 Å². The van der Waals surface area contributed by atoms with Crippen LogP contribution in [0.1, 0.15) is 12.5 Å². The fourth-order valence-electron chi connectivity index (χ4n) is 1.62. The fourth-order valence-corrected chi connectivity index (χ4v) is 1.62. The van der Waals surface area contributed by atoms with E-state index in [0.717, 1.165) is 23.5 Å². The second-order valence-electron chi connectivity index (χ2n) is 3.97. The summed E-state index contributed by atoms with van der Waals surface area (Å²) in [6.45, 7) is 3.02. The Morgan fingerprint density at radius 3 is 2.59 bits per heavy atom. The maximum Gasteiger partial charge on any atom is 0.164 e. The molecule has 2 N–H and O–H groups in total. The molecule has 0 saturated heterocycles. The van der Waals surface area contributed by atoms with E-state index in [9.17, 15) is 0 Å². The van der Waals surface area contributed by atoms with E-state index in [1.54, 1.807) is 14.2 Å². The van der Waals surface area contributed by atoms with Crippen molar-refractivity contribution in [1.29, 1.82) is 0 Å². The molecule has 1 aromatic carbocycles. The Balaban J connectivity index is 2.86. The molecule has 0 aliphatic heterocycles. The van der Waals surface area contributed by atoms with Gasteiger partial charge in [0.1, 0.15) is 6.61 Å². The number of hydrogen-bond donors (Lipinski definition) is 1. The van der Waals surface area contributed by atoms with E-state index in [2.05, 4.69) is 0 Å². The number of hydrogen-bond acceptors (Lipinski definition) is 4. The molecule has 0 spiro atoms. The number of para-hydroxylation sites is 1. The van der Waals surface area contributed by atoms with Crippen molar-refractivity contribution in [1.82, 2.24) is 0 Å². The van der Waals surface area contributed by atoms with E-state index in [1.807, 2.05) is 25.1 Å². The van der Waals surface area contributed by atoms with Gasteiger partial charge in [0, 0.05) is 13.2 Å². The first kappa shape index (κ1) is 13.8. The highest BCUT2D eigenvalue weighted by atomic mass is 16.5. The number of ether oxygens (including phenoxy) is 3. The molecule has 0 saturated carbocycles. The molecule has 17 heavy (non-hydrogen) atoms. The predicted octanol–water partition coefficient (Wildman–Crippen LogP) is 1.61. The molecule has 0 aliphatic carbocycles. The van der Waals surface area contributed by atoms with Gasteiger partial charge in [0.2, 0.25) is 0 Å². The van der Waals surface area contributed by atoms with E-state index in [0.29, 0.717) is 13.2 Å². The minimum atomic E-state index is 0.0897. The summed E-state index contributed by atoms with van der Waals surface area (Å²) < 4.78 is 16.0. The summed E-state index contributed by atoms with van der Waals surface area (Å²) in [5.74, 6) is 1.50. The van der Waals surface area contributed by atoms with Gasteiger partial charge in [-0.2, -0.15) is 0 Å². The highest BCUT2D eigenvalue weighted by Gasteiger charge is 2.11. The molecule has 0 radical (unpaired) electrons. The first-order chi connectivity index (χ1) is 8.19. The van der Waals surface area contributed by atoms with Crippen molar-refractivity contribution in [2.24, 2.45) is 5.73 Å². The lowest BCUT2D eigenvalue weighted by molar-refractivity contribution is 0.143. The molecule has 0 bridgehead atoms. The Bertz CT molecular complexity index is 339. The first-order valence-electron chi connectivity index (χ1n) is 5.72.